The van der Waals surface area contributed by atoms with Crippen LogP contribution in [0.1, 0.15) is 31.4 Å². The predicted molar refractivity (Wildman–Crippen MR) is 72.5 cm³/mol. The Balaban J connectivity index is 1.63. The van der Waals surface area contributed by atoms with Crippen molar-refractivity contribution in [1.29, 1.82) is 0 Å². The second-order valence-electron chi connectivity index (χ2n) is 5.20. The van der Waals surface area contributed by atoms with Crippen molar-refractivity contribution in [3.8, 4) is 11.5 Å². The van der Waals surface area contributed by atoms with E-state index in [-0.39, 0.29) is 6.04 Å². The van der Waals surface area contributed by atoms with E-state index in [1.807, 2.05) is 6.07 Å². The van der Waals surface area contributed by atoms with E-state index in [1.165, 1.54) is 18.4 Å². The van der Waals surface area contributed by atoms with E-state index in [2.05, 4.69) is 24.4 Å². The normalized spacial score (nSPS) is 18.6. The topological polar surface area (TPSA) is 39.7 Å². The monoisotopic (exact) mass is 263 g/mol. The number of rotatable bonds is 7. The van der Waals surface area contributed by atoms with Gasteiger partial charge in [0.2, 0.25) is 6.79 Å². The maximum atomic E-state index is 5.81. The molecule has 4 nitrogen and oxygen atoms in total. The van der Waals surface area contributed by atoms with E-state index in [4.69, 9.17) is 14.2 Å². The number of likely N-dealkylation sites (N-methyl/N-ethyl adjacent to an activating group) is 1. The Hall–Kier alpha value is -1.26. The zero-order valence-corrected chi connectivity index (χ0v) is 11.4. The molecule has 0 bridgehead atoms. The average Bonchev–Trinajstić information content (AvgIpc) is 3.13. The molecular formula is C15H21NO3. The van der Waals surface area contributed by atoms with Gasteiger partial charge in [-0.3, -0.25) is 0 Å². The minimum absolute atomic E-state index is 0.221. The van der Waals surface area contributed by atoms with Gasteiger partial charge in [0, 0.05) is 6.61 Å². The summed E-state index contributed by atoms with van der Waals surface area (Å²) < 4.78 is 16.6. The molecule has 1 unspecified atom stereocenters. The summed E-state index contributed by atoms with van der Waals surface area (Å²) in [5.41, 5.74) is 1.20. The third-order valence-corrected chi connectivity index (χ3v) is 3.58. The SMILES string of the molecule is CCNC(COCC1CC1)c1ccc2c(c1)OCO2. The Kier molecular flexibility index (Phi) is 3.89. The summed E-state index contributed by atoms with van der Waals surface area (Å²) in [6.45, 7) is 4.96. The number of hydrogen-bond acceptors (Lipinski definition) is 4. The molecule has 104 valence electrons. The predicted octanol–water partition coefficient (Wildman–Crippen LogP) is 2.49. The lowest BCUT2D eigenvalue weighted by atomic mass is 10.1. The third kappa shape index (κ3) is 3.19. The lowest BCUT2D eigenvalue weighted by Gasteiger charge is -2.18. The minimum atomic E-state index is 0.221. The molecule has 1 atom stereocenters. The van der Waals surface area contributed by atoms with Crippen LogP contribution in [-0.2, 0) is 4.74 Å². The van der Waals surface area contributed by atoms with Crippen molar-refractivity contribution in [2.45, 2.75) is 25.8 Å². The molecule has 1 saturated carbocycles. The van der Waals surface area contributed by atoms with Crippen molar-refractivity contribution in [1.82, 2.24) is 5.32 Å². The number of hydrogen-bond donors (Lipinski definition) is 1. The van der Waals surface area contributed by atoms with E-state index in [0.717, 1.165) is 30.6 Å². The van der Waals surface area contributed by atoms with Crippen LogP contribution in [0.3, 0.4) is 0 Å². The molecule has 0 amide bonds. The molecule has 3 rings (SSSR count). The van der Waals surface area contributed by atoms with Gasteiger partial charge in [0.15, 0.2) is 11.5 Å². The average molecular weight is 263 g/mol. The summed E-state index contributed by atoms with van der Waals surface area (Å²) in [6, 6.07) is 6.33. The molecule has 1 heterocycles. The van der Waals surface area contributed by atoms with Gasteiger partial charge in [0.05, 0.1) is 12.6 Å². The van der Waals surface area contributed by atoms with Gasteiger partial charge in [-0.25, -0.2) is 0 Å². The summed E-state index contributed by atoms with van der Waals surface area (Å²) in [6.07, 6.45) is 2.66. The maximum absolute atomic E-state index is 5.81. The highest BCUT2D eigenvalue weighted by Gasteiger charge is 2.22. The van der Waals surface area contributed by atoms with Crippen LogP contribution in [0.15, 0.2) is 18.2 Å². The smallest absolute Gasteiger partial charge is 0.231 e. The Bertz CT molecular complexity index is 431. The molecule has 1 aliphatic carbocycles. The van der Waals surface area contributed by atoms with E-state index in [1.54, 1.807) is 0 Å². The largest absolute Gasteiger partial charge is 0.454 e. The zero-order chi connectivity index (χ0) is 13.1. The van der Waals surface area contributed by atoms with Crippen LogP contribution in [0.25, 0.3) is 0 Å². The second-order valence-corrected chi connectivity index (χ2v) is 5.20. The van der Waals surface area contributed by atoms with Crippen LogP contribution in [0, 0.1) is 5.92 Å². The number of ether oxygens (including phenoxy) is 3. The number of fused-ring (bicyclic) bond motifs is 1. The van der Waals surface area contributed by atoms with Gasteiger partial charge in [0.25, 0.3) is 0 Å². The van der Waals surface area contributed by atoms with Gasteiger partial charge in [-0.05, 0) is 43.0 Å². The summed E-state index contributed by atoms with van der Waals surface area (Å²) >= 11 is 0. The van der Waals surface area contributed by atoms with Crippen molar-refractivity contribution in [3.05, 3.63) is 23.8 Å². The van der Waals surface area contributed by atoms with Crippen molar-refractivity contribution >= 4 is 0 Å². The molecule has 1 aliphatic heterocycles. The van der Waals surface area contributed by atoms with Gasteiger partial charge >= 0.3 is 0 Å². The highest BCUT2D eigenvalue weighted by Crippen LogP contribution is 2.34. The first kappa shape index (κ1) is 12.8. The molecule has 1 fully saturated rings. The minimum Gasteiger partial charge on any atom is -0.454 e. The Labute approximate surface area is 114 Å². The van der Waals surface area contributed by atoms with Crippen LogP contribution < -0.4 is 14.8 Å². The van der Waals surface area contributed by atoms with Crippen LogP contribution in [-0.4, -0.2) is 26.6 Å². The first-order valence-electron chi connectivity index (χ1n) is 7.07. The van der Waals surface area contributed by atoms with Crippen LogP contribution in [0.5, 0.6) is 11.5 Å². The quantitative estimate of drug-likeness (QED) is 0.820. The summed E-state index contributed by atoms with van der Waals surface area (Å²) in [5, 5.41) is 3.46. The summed E-state index contributed by atoms with van der Waals surface area (Å²) in [5.74, 6) is 2.47. The van der Waals surface area contributed by atoms with Crippen LogP contribution in [0.4, 0.5) is 0 Å². The summed E-state index contributed by atoms with van der Waals surface area (Å²) in [4.78, 5) is 0. The number of benzene rings is 1. The molecule has 1 aromatic rings. The Morgan fingerprint density at radius 1 is 1.32 bits per heavy atom. The first-order valence-corrected chi connectivity index (χ1v) is 7.07. The molecule has 0 aromatic heterocycles. The molecule has 4 heteroatoms. The molecule has 2 aliphatic rings. The first-order chi connectivity index (χ1) is 9.36. The molecule has 0 radical (unpaired) electrons. The van der Waals surface area contributed by atoms with E-state index in [0.29, 0.717) is 13.4 Å². The molecule has 1 N–H and O–H groups in total. The fourth-order valence-electron chi connectivity index (χ4n) is 2.29. The Morgan fingerprint density at radius 2 is 2.16 bits per heavy atom. The zero-order valence-electron chi connectivity index (χ0n) is 11.4. The van der Waals surface area contributed by atoms with Gasteiger partial charge in [-0.15, -0.1) is 0 Å². The van der Waals surface area contributed by atoms with Gasteiger partial charge in [-0.2, -0.15) is 0 Å². The van der Waals surface area contributed by atoms with E-state index in [9.17, 15) is 0 Å². The second kappa shape index (κ2) is 5.80. The van der Waals surface area contributed by atoms with Gasteiger partial charge in [-0.1, -0.05) is 13.0 Å². The highest BCUT2D eigenvalue weighted by atomic mass is 16.7. The lowest BCUT2D eigenvalue weighted by molar-refractivity contribution is 0.103. The van der Waals surface area contributed by atoms with Crippen molar-refractivity contribution < 1.29 is 14.2 Å². The van der Waals surface area contributed by atoms with Crippen molar-refractivity contribution in [2.75, 3.05) is 26.6 Å². The third-order valence-electron chi connectivity index (χ3n) is 3.58. The maximum Gasteiger partial charge on any atom is 0.231 e. The Morgan fingerprint density at radius 3 is 2.95 bits per heavy atom. The van der Waals surface area contributed by atoms with Crippen LogP contribution in [0.2, 0.25) is 0 Å². The van der Waals surface area contributed by atoms with Crippen molar-refractivity contribution in [2.24, 2.45) is 5.92 Å². The van der Waals surface area contributed by atoms with Gasteiger partial charge in [0.1, 0.15) is 0 Å². The van der Waals surface area contributed by atoms with Crippen LogP contribution >= 0.6 is 0 Å². The molecular weight excluding hydrogens is 242 g/mol. The molecule has 19 heavy (non-hydrogen) atoms. The molecule has 0 saturated heterocycles. The highest BCUT2D eigenvalue weighted by molar-refractivity contribution is 5.45. The molecule has 1 aromatic carbocycles. The van der Waals surface area contributed by atoms with Crippen molar-refractivity contribution in [3.63, 3.8) is 0 Å². The number of nitrogens with one attached hydrogen (secondary N) is 1. The van der Waals surface area contributed by atoms with E-state index >= 15 is 0 Å². The van der Waals surface area contributed by atoms with Gasteiger partial charge < -0.3 is 19.5 Å². The van der Waals surface area contributed by atoms with E-state index < -0.39 is 0 Å². The summed E-state index contributed by atoms with van der Waals surface area (Å²) in [7, 11) is 0. The lowest BCUT2D eigenvalue weighted by Crippen LogP contribution is -2.25. The fraction of sp³-hybridized carbons (Fsp3) is 0.600. The standard InChI is InChI=1S/C15H21NO3/c1-2-16-13(9-17-8-11-3-4-11)12-5-6-14-15(7-12)19-10-18-14/h5-7,11,13,16H,2-4,8-10H2,1H3. The molecule has 0 spiro atoms. The fourth-order valence-corrected chi connectivity index (χ4v) is 2.29.